The van der Waals surface area contributed by atoms with Crippen LogP contribution in [-0.4, -0.2) is 43.3 Å². The monoisotopic (exact) mass is 324 g/mol. The molecule has 2 atom stereocenters. The number of hydroxylamine groups is 2. The molecule has 0 radical (unpaired) electrons. The van der Waals surface area contributed by atoms with Gasteiger partial charge in [-0.25, -0.2) is 5.06 Å². The Bertz CT molecular complexity index is 397. The van der Waals surface area contributed by atoms with Crippen LogP contribution in [0.4, 0.5) is 13.2 Å². The first-order valence-electron chi connectivity index (χ1n) is 6.84. The van der Waals surface area contributed by atoms with Crippen LogP contribution in [0.1, 0.15) is 26.7 Å². The number of amides is 2. The van der Waals surface area contributed by atoms with E-state index >= 15 is 0 Å². The van der Waals surface area contributed by atoms with Crippen molar-refractivity contribution >= 4 is 11.8 Å². The molecule has 2 amide bonds. The van der Waals surface area contributed by atoms with Gasteiger partial charge in [-0.05, 0) is 18.8 Å². The third-order valence-corrected chi connectivity index (χ3v) is 3.30. The first kappa shape index (κ1) is 20.4. The fourth-order valence-electron chi connectivity index (χ4n) is 1.90. The highest BCUT2D eigenvalue weighted by Gasteiger charge is 2.40. The van der Waals surface area contributed by atoms with E-state index in [1.165, 1.54) is 20.2 Å². The van der Waals surface area contributed by atoms with Crippen molar-refractivity contribution in [3.63, 3.8) is 0 Å². The van der Waals surface area contributed by atoms with Gasteiger partial charge in [0, 0.05) is 19.0 Å². The summed E-state index contributed by atoms with van der Waals surface area (Å²) in [6, 6.07) is -0.784. The van der Waals surface area contributed by atoms with Gasteiger partial charge in [-0.3, -0.25) is 14.4 Å². The molecule has 0 aliphatic heterocycles. The van der Waals surface area contributed by atoms with Crippen molar-refractivity contribution in [2.45, 2.75) is 38.9 Å². The van der Waals surface area contributed by atoms with Crippen LogP contribution in [0.5, 0.6) is 0 Å². The zero-order chi connectivity index (χ0) is 17.5. The summed E-state index contributed by atoms with van der Waals surface area (Å²) in [5.41, 5.74) is 0. The molecule has 0 spiro atoms. The van der Waals surface area contributed by atoms with E-state index < -0.39 is 24.0 Å². The van der Waals surface area contributed by atoms with E-state index in [2.05, 4.69) is 6.58 Å². The number of carbonyl (C=O) groups is 2. The molecule has 0 aliphatic carbocycles. The minimum absolute atomic E-state index is 0.0675. The van der Waals surface area contributed by atoms with Crippen LogP contribution in [0, 0.1) is 11.8 Å². The Kier molecular flexibility index (Phi) is 8.15. The molecule has 0 aromatic heterocycles. The summed E-state index contributed by atoms with van der Waals surface area (Å²) in [6.07, 6.45) is -3.10. The molecule has 0 aliphatic rings. The molecule has 128 valence electrons. The predicted molar refractivity (Wildman–Crippen MR) is 75.5 cm³/mol. The highest BCUT2D eigenvalue weighted by Crippen LogP contribution is 2.21. The Morgan fingerprint density at radius 1 is 1.36 bits per heavy atom. The quantitative estimate of drug-likeness (QED) is 0.550. The molecule has 0 aromatic carbocycles. The van der Waals surface area contributed by atoms with E-state index in [0.29, 0.717) is 0 Å². The Morgan fingerprint density at radius 2 is 1.91 bits per heavy atom. The number of alkyl halides is 3. The lowest BCUT2D eigenvalue weighted by atomic mass is 9.89. The van der Waals surface area contributed by atoms with Gasteiger partial charge in [-0.2, -0.15) is 13.2 Å². The van der Waals surface area contributed by atoms with Gasteiger partial charge in [0.15, 0.2) is 0 Å². The zero-order valence-corrected chi connectivity index (χ0v) is 13.2. The van der Waals surface area contributed by atoms with Crippen LogP contribution in [-0.2, 0) is 14.4 Å². The second-order valence-electron chi connectivity index (χ2n) is 5.30. The largest absolute Gasteiger partial charge is 0.471 e. The Labute approximate surface area is 128 Å². The van der Waals surface area contributed by atoms with E-state index in [-0.39, 0.29) is 24.7 Å². The summed E-state index contributed by atoms with van der Waals surface area (Å²) >= 11 is 0. The minimum Gasteiger partial charge on any atom is -0.345 e. The van der Waals surface area contributed by atoms with Crippen molar-refractivity contribution < 1.29 is 27.6 Å². The van der Waals surface area contributed by atoms with Gasteiger partial charge in [-0.1, -0.05) is 19.9 Å². The molecule has 5 nitrogen and oxygen atoms in total. The lowest BCUT2D eigenvalue weighted by molar-refractivity contribution is -0.176. The van der Waals surface area contributed by atoms with Crippen LogP contribution in [0.15, 0.2) is 12.7 Å². The number of nitrogens with zero attached hydrogens (tertiary/aromatic N) is 1. The van der Waals surface area contributed by atoms with Gasteiger partial charge in [0.05, 0.1) is 7.11 Å². The molecular weight excluding hydrogens is 301 g/mol. The van der Waals surface area contributed by atoms with Crippen LogP contribution in [0.3, 0.4) is 0 Å². The molecule has 0 bridgehead atoms. The highest BCUT2D eigenvalue weighted by molar-refractivity contribution is 5.82. The maximum absolute atomic E-state index is 12.4. The number of hydrogen-bond donors (Lipinski definition) is 1. The fraction of sp³-hybridized carbons (Fsp3) is 0.714. The lowest BCUT2D eigenvalue weighted by Gasteiger charge is -2.28. The fourth-order valence-corrected chi connectivity index (χ4v) is 1.90. The molecule has 0 rings (SSSR count). The smallest absolute Gasteiger partial charge is 0.345 e. The number of rotatable bonds is 8. The zero-order valence-electron chi connectivity index (χ0n) is 13.2. The highest BCUT2D eigenvalue weighted by atomic mass is 19.4. The van der Waals surface area contributed by atoms with Crippen molar-refractivity contribution in [2.75, 3.05) is 14.2 Å². The first-order chi connectivity index (χ1) is 10.0. The molecule has 0 aromatic rings. The van der Waals surface area contributed by atoms with Crippen molar-refractivity contribution in [3.8, 4) is 0 Å². The third kappa shape index (κ3) is 6.46. The van der Waals surface area contributed by atoms with Crippen LogP contribution < -0.4 is 5.32 Å². The van der Waals surface area contributed by atoms with Gasteiger partial charge in [0.2, 0.25) is 5.91 Å². The van der Waals surface area contributed by atoms with Crippen molar-refractivity contribution in [2.24, 2.45) is 11.8 Å². The molecule has 1 N–H and O–H groups in total. The van der Waals surface area contributed by atoms with Crippen LogP contribution >= 0.6 is 0 Å². The predicted octanol–water partition coefficient (Wildman–Crippen LogP) is 2.29. The third-order valence-electron chi connectivity index (χ3n) is 3.30. The van der Waals surface area contributed by atoms with Crippen LogP contribution in [0.25, 0.3) is 0 Å². The van der Waals surface area contributed by atoms with Crippen molar-refractivity contribution in [3.05, 3.63) is 12.7 Å². The topological polar surface area (TPSA) is 58.6 Å². The second kappa shape index (κ2) is 8.77. The molecule has 8 heteroatoms. The number of nitrogens with one attached hydrogen (secondary N) is 1. The molecular formula is C14H23F3N2O3. The Hall–Kier alpha value is -1.57. The Morgan fingerprint density at radius 3 is 2.27 bits per heavy atom. The Balaban J connectivity index is 5.05. The molecule has 0 saturated heterocycles. The van der Waals surface area contributed by atoms with E-state index in [1.54, 1.807) is 13.8 Å². The summed E-state index contributed by atoms with van der Waals surface area (Å²) in [5.74, 6) is -3.27. The number of allylic oxidation sites excluding steroid dienone is 1. The van der Waals surface area contributed by atoms with Crippen molar-refractivity contribution in [1.29, 1.82) is 0 Å². The average Bonchev–Trinajstić information content (AvgIpc) is 2.42. The van der Waals surface area contributed by atoms with Crippen molar-refractivity contribution in [1.82, 2.24) is 10.4 Å². The summed E-state index contributed by atoms with van der Waals surface area (Å²) in [5, 5.41) is 2.96. The maximum atomic E-state index is 12.4. The van der Waals surface area contributed by atoms with Gasteiger partial charge < -0.3 is 5.32 Å². The standard InChI is InChI=1S/C14H23F3N2O3/c1-6-7-10(12(20)19(4)22-5)8-11(9(2)3)18-13(21)14(15,16)17/h6,9-11H,1,7-8H2,2-5H3,(H,18,21)/t10-,11+/m0/s1. The van der Waals surface area contributed by atoms with Gasteiger partial charge in [-0.15, -0.1) is 6.58 Å². The number of hydrogen-bond acceptors (Lipinski definition) is 3. The molecule has 0 saturated carbocycles. The average molecular weight is 324 g/mol. The van der Waals surface area contributed by atoms with Gasteiger partial charge in [0.1, 0.15) is 0 Å². The molecule has 0 heterocycles. The van der Waals surface area contributed by atoms with E-state index in [9.17, 15) is 22.8 Å². The molecule has 0 unspecified atom stereocenters. The summed E-state index contributed by atoms with van der Waals surface area (Å²) in [4.78, 5) is 28.0. The van der Waals surface area contributed by atoms with E-state index in [1.807, 2.05) is 5.32 Å². The summed E-state index contributed by atoms with van der Waals surface area (Å²) in [7, 11) is 2.73. The number of halogens is 3. The van der Waals surface area contributed by atoms with Gasteiger partial charge >= 0.3 is 12.1 Å². The number of carbonyl (C=O) groups excluding carboxylic acids is 2. The summed E-state index contributed by atoms with van der Waals surface area (Å²) < 4.78 is 37.1. The molecule has 22 heavy (non-hydrogen) atoms. The maximum Gasteiger partial charge on any atom is 0.471 e. The molecule has 0 fully saturated rings. The second-order valence-corrected chi connectivity index (χ2v) is 5.30. The summed E-state index contributed by atoms with van der Waals surface area (Å²) in [6.45, 7) is 6.90. The van der Waals surface area contributed by atoms with E-state index in [0.717, 1.165) is 5.06 Å². The minimum atomic E-state index is -4.95. The van der Waals surface area contributed by atoms with Gasteiger partial charge in [0.25, 0.3) is 0 Å². The normalized spacial score (nSPS) is 14.4. The van der Waals surface area contributed by atoms with E-state index in [4.69, 9.17) is 4.84 Å². The SMILES string of the molecule is C=CC[C@@H](C[C@@H](NC(=O)C(F)(F)F)C(C)C)C(=O)N(C)OC. The lowest BCUT2D eigenvalue weighted by Crippen LogP contribution is -2.47. The first-order valence-corrected chi connectivity index (χ1v) is 6.84. The van der Waals surface area contributed by atoms with Crippen LogP contribution in [0.2, 0.25) is 0 Å².